The van der Waals surface area contributed by atoms with E-state index in [0.717, 1.165) is 19.3 Å². The predicted octanol–water partition coefficient (Wildman–Crippen LogP) is 2.71. The monoisotopic (exact) mass is 294 g/mol. The Labute approximate surface area is 123 Å². The first kappa shape index (κ1) is 13.7. The summed E-state index contributed by atoms with van der Waals surface area (Å²) in [4.78, 5) is 14.6. The van der Waals surface area contributed by atoms with Gasteiger partial charge in [0.1, 0.15) is 0 Å². The third kappa shape index (κ3) is 2.50. The highest BCUT2D eigenvalue weighted by Gasteiger charge is 2.36. The molecule has 3 rings (SSSR count). The lowest BCUT2D eigenvalue weighted by atomic mass is 9.89. The van der Waals surface area contributed by atoms with Gasteiger partial charge in [-0.15, -0.1) is 0 Å². The number of nitrogen functional groups attached to an aromatic ring is 1. The van der Waals surface area contributed by atoms with Gasteiger partial charge in [-0.25, -0.2) is 0 Å². The van der Waals surface area contributed by atoms with Crippen molar-refractivity contribution in [1.29, 1.82) is 0 Å². The minimum Gasteiger partial charge on any atom is -0.398 e. The molecule has 1 amide bonds. The number of benzene rings is 1. The second-order valence-corrected chi connectivity index (χ2v) is 5.90. The number of morpholine rings is 1. The molecule has 20 heavy (non-hydrogen) atoms. The zero-order valence-electron chi connectivity index (χ0n) is 11.3. The zero-order chi connectivity index (χ0) is 14.1. The van der Waals surface area contributed by atoms with Crippen LogP contribution in [0.5, 0.6) is 0 Å². The van der Waals surface area contributed by atoms with Gasteiger partial charge in [0.2, 0.25) is 0 Å². The Morgan fingerprint density at radius 1 is 1.35 bits per heavy atom. The number of nitrogens with zero attached hydrogens (tertiary/aromatic N) is 1. The van der Waals surface area contributed by atoms with Crippen LogP contribution in [0.4, 0.5) is 5.69 Å². The van der Waals surface area contributed by atoms with Gasteiger partial charge in [0.25, 0.3) is 5.91 Å². The number of ether oxygens (including phenoxy) is 1. The lowest BCUT2D eigenvalue weighted by Crippen LogP contribution is -2.54. The highest BCUT2D eigenvalue weighted by molar-refractivity contribution is 6.33. The maximum absolute atomic E-state index is 12.7. The molecule has 1 saturated heterocycles. The number of carbonyl (C=O) groups excluding carboxylic acids is 1. The molecule has 108 valence electrons. The predicted molar refractivity (Wildman–Crippen MR) is 78.9 cm³/mol. The summed E-state index contributed by atoms with van der Waals surface area (Å²) < 4.78 is 5.80. The van der Waals surface area contributed by atoms with E-state index in [1.165, 1.54) is 6.42 Å². The summed E-state index contributed by atoms with van der Waals surface area (Å²) in [7, 11) is 0. The molecule has 0 aromatic heterocycles. The largest absolute Gasteiger partial charge is 0.398 e. The van der Waals surface area contributed by atoms with Crippen LogP contribution in [0.3, 0.4) is 0 Å². The van der Waals surface area contributed by atoms with Crippen LogP contribution in [0.2, 0.25) is 5.02 Å². The summed E-state index contributed by atoms with van der Waals surface area (Å²) in [5.74, 6) is 0.0357. The van der Waals surface area contributed by atoms with Crippen molar-refractivity contribution in [2.45, 2.75) is 37.8 Å². The lowest BCUT2D eigenvalue weighted by molar-refractivity contribution is -0.0752. The van der Waals surface area contributed by atoms with Crippen molar-refractivity contribution in [3.8, 4) is 0 Å². The summed E-state index contributed by atoms with van der Waals surface area (Å²) in [6.07, 6.45) is 4.64. The SMILES string of the molecule is Nc1cc(C(=O)N2CCOC3CCCCC32)ccc1Cl. The van der Waals surface area contributed by atoms with E-state index in [1.54, 1.807) is 18.2 Å². The van der Waals surface area contributed by atoms with Gasteiger partial charge in [-0.1, -0.05) is 24.4 Å². The Balaban J connectivity index is 1.83. The second-order valence-electron chi connectivity index (χ2n) is 5.50. The van der Waals surface area contributed by atoms with E-state index in [2.05, 4.69) is 0 Å². The van der Waals surface area contributed by atoms with Gasteiger partial charge in [0.05, 0.1) is 29.5 Å². The van der Waals surface area contributed by atoms with E-state index >= 15 is 0 Å². The number of carbonyl (C=O) groups is 1. The Morgan fingerprint density at radius 3 is 2.95 bits per heavy atom. The molecule has 2 atom stereocenters. The highest BCUT2D eigenvalue weighted by atomic mass is 35.5. The van der Waals surface area contributed by atoms with Gasteiger partial charge in [-0.3, -0.25) is 4.79 Å². The van der Waals surface area contributed by atoms with Crippen LogP contribution in [0, 0.1) is 0 Å². The third-order valence-corrected chi connectivity index (χ3v) is 4.58. The number of halogens is 1. The van der Waals surface area contributed by atoms with Gasteiger partial charge in [0, 0.05) is 12.1 Å². The maximum Gasteiger partial charge on any atom is 0.254 e. The van der Waals surface area contributed by atoms with Crippen LogP contribution >= 0.6 is 11.6 Å². The molecule has 1 heterocycles. The Bertz CT molecular complexity index is 519. The van der Waals surface area contributed by atoms with Gasteiger partial charge < -0.3 is 15.4 Å². The standard InChI is InChI=1S/C15H19ClN2O2/c16-11-6-5-10(9-12(11)17)15(19)18-7-8-20-14-4-2-1-3-13(14)18/h5-6,9,13-14H,1-4,7-8,17H2. The molecular formula is C15H19ClN2O2. The summed E-state index contributed by atoms with van der Waals surface area (Å²) >= 11 is 5.91. The van der Waals surface area contributed by atoms with Crippen LogP contribution in [0.15, 0.2) is 18.2 Å². The van der Waals surface area contributed by atoms with Crippen LogP contribution in [0.25, 0.3) is 0 Å². The van der Waals surface area contributed by atoms with E-state index in [1.807, 2.05) is 4.90 Å². The molecule has 2 unspecified atom stereocenters. The fraction of sp³-hybridized carbons (Fsp3) is 0.533. The van der Waals surface area contributed by atoms with Crippen LogP contribution < -0.4 is 5.73 Å². The zero-order valence-corrected chi connectivity index (χ0v) is 12.1. The summed E-state index contributed by atoms with van der Waals surface area (Å²) in [5.41, 5.74) is 6.85. The van der Waals surface area contributed by atoms with E-state index in [4.69, 9.17) is 22.1 Å². The number of anilines is 1. The van der Waals surface area contributed by atoms with Crippen molar-refractivity contribution in [3.05, 3.63) is 28.8 Å². The Morgan fingerprint density at radius 2 is 2.15 bits per heavy atom. The fourth-order valence-corrected chi connectivity index (χ4v) is 3.31. The molecule has 2 fully saturated rings. The summed E-state index contributed by atoms with van der Waals surface area (Å²) in [5, 5.41) is 0.485. The number of rotatable bonds is 1. The van der Waals surface area contributed by atoms with Crippen molar-refractivity contribution < 1.29 is 9.53 Å². The van der Waals surface area contributed by atoms with Crippen molar-refractivity contribution in [1.82, 2.24) is 4.90 Å². The van der Waals surface area contributed by atoms with Crippen LogP contribution in [-0.2, 0) is 4.74 Å². The molecule has 0 radical (unpaired) electrons. The molecule has 5 heteroatoms. The second kappa shape index (κ2) is 5.62. The number of amides is 1. The number of nitrogens with two attached hydrogens (primary N) is 1. The minimum atomic E-state index is 0.0357. The van der Waals surface area contributed by atoms with Gasteiger partial charge in [0.15, 0.2) is 0 Å². The molecular weight excluding hydrogens is 276 g/mol. The average molecular weight is 295 g/mol. The molecule has 0 bridgehead atoms. The first-order valence-electron chi connectivity index (χ1n) is 7.14. The molecule has 1 saturated carbocycles. The lowest BCUT2D eigenvalue weighted by Gasteiger charge is -2.43. The molecule has 4 nitrogen and oxygen atoms in total. The van der Waals surface area contributed by atoms with E-state index in [9.17, 15) is 4.79 Å². The molecule has 1 aromatic rings. The third-order valence-electron chi connectivity index (χ3n) is 4.24. The van der Waals surface area contributed by atoms with Crippen molar-refractivity contribution in [3.63, 3.8) is 0 Å². The maximum atomic E-state index is 12.7. The average Bonchev–Trinajstić information content (AvgIpc) is 2.49. The summed E-state index contributed by atoms with van der Waals surface area (Å²) in [6.45, 7) is 1.28. The highest BCUT2D eigenvalue weighted by Crippen LogP contribution is 2.30. The molecule has 0 spiro atoms. The van der Waals surface area contributed by atoms with Gasteiger partial charge in [-0.2, -0.15) is 0 Å². The smallest absolute Gasteiger partial charge is 0.254 e. The topological polar surface area (TPSA) is 55.6 Å². The van der Waals surface area contributed by atoms with Gasteiger partial charge >= 0.3 is 0 Å². The quantitative estimate of drug-likeness (QED) is 0.810. The van der Waals surface area contributed by atoms with Crippen molar-refractivity contribution in [2.75, 3.05) is 18.9 Å². The van der Waals surface area contributed by atoms with E-state index in [0.29, 0.717) is 29.4 Å². The van der Waals surface area contributed by atoms with Crippen molar-refractivity contribution >= 4 is 23.2 Å². The number of hydrogen-bond donors (Lipinski definition) is 1. The first-order chi connectivity index (χ1) is 9.66. The van der Waals surface area contributed by atoms with Crippen molar-refractivity contribution in [2.24, 2.45) is 0 Å². The minimum absolute atomic E-state index is 0.0357. The Kier molecular flexibility index (Phi) is 3.85. The normalized spacial score (nSPS) is 26.1. The van der Waals surface area contributed by atoms with Crippen LogP contribution in [-0.4, -0.2) is 36.1 Å². The summed E-state index contributed by atoms with van der Waals surface area (Å²) in [6, 6.07) is 5.30. The van der Waals surface area contributed by atoms with E-state index in [-0.39, 0.29) is 18.1 Å². The first-order valence-corrected chi connectivity index (χ1v) is 7.52. The molecule has 1 aliphatic heterocycles. The van der Waals surface area contributed by atoms with Gasteiger partial charge in [-0.05, 0) is 31.0 Å². The molecule has 2 N–H and O–H groups in total. The Hall–Kier alpha value is -1.26. The van der Waals surface area contributed by atoms with E-state index < -0.39 is 0 Å². The van der Waals surface area contributed by atoms with Crippen LogP contribution in [0.1, 0.15) is 36.0 Å². The molecule has 1 aliphatic carbocycles. The number of fused-ring (bicyclic) bond motifs is 1. The number of hydrogen-bond acceptors (Lipinski definition) is 3. The molecule has 1 aromatic carbocycles. The molecule has 2 aliphatic rings. The fourth-order valence-electron chi connectivity index (χ4n) is 3.19.